The molecule has 3 nitrogen and oxygen atoms in total. The van der Waals surface area contributed by atoms with Gasteiger partial charge in [0.25, 0.3) is 0 Å². The lowest BCUT2D eigenvalue weighted by molar-refractivity contribution is -0.165. The molecule has 1 rings (SSSR count). The number of methoxy groups -OCH3 is 1. The molecule has 88 valence electrons. The second kappa shape index (κ2) is 4.92. The van der Waals surface area contributed by atoms with Gasteiger partial charge in [-0.1, -0.05) is 18.2 Å². The number of ether oxygens (including phenoxy) is 1. The molecule has 0 amide bonds. The predicted molar refractivity (Wildman–Crippen MR) is 53.9 cm³/mol. The lowest BCUT2D eigenvalue weighted by atomic mass is 10.1. The number of aliphatic carboxylic acids is 1. The maximum atomic E-state index is 12.8. The molecule has 0 aliphatic carbocycles. The smallest absolute Gasteiger partial charge is 0.374 e. The third kappa shape index (κ3) is 2.92. The first-order chi connectivity index (χ1) is 7.47. The van der Waals surface area contributed by atoms with Crippen LogP contribution < -0.4 is 4.74 Å². The Morgan fingerprint density at radius 1 is 1.44 bits per heavy atom. The number of para-hydroxylation sites is 1. The standard InChI is InChI=1S/C11H12F2O3/c1-16-9-5-3-2-4-8(9)6-7-11(12,13)10(14)15/h2-5H,6-7H2,1H3,(H,14,15). The Morgan fingerprint density at radius 2 is 2.06 bits per heavy atom. The lowest BCUT2D eigenvalue weighted by Crippen LogP contribution is -2.28. The van der Waals surface area contributed by atoms with Crippen molar-refractivity contribution >= 4 is 5.97 Å². The number of rotatable bonds is 5. The Labute approximate surface area is 91.7 Å². The molecule has 0 bridgehead atoms. The van der Waals surface area contributed by atoms with Gasteiger partial charge in [0.1, 0.15) is 5.75 Å². The molecule has 0 spiro atoms. The number of hydrogen-bond donors (Lipinski definition) is 1. The second-order valence-corrected chi connectivity index (χ2v) is 3.32. The first-order valence-corrected chi connectivity index (χ1v) is 4.70. The summed E-state index contributed by atoms with van der Waals surface area (Å²) in [4.78, 5) is 10.2. The lowest BCUT2D eigenvalue weighted by Gasteiger charge is -2.12. The van der Waals surface area contributed by atoms with E-state index in [-0.39, 0.29) is 6.42 Å². The van der Waals surface area contributed by atoms with E-state index in [4.69, 9.17) is 9.84 Å². The van der Waals surface area contributed by atoms with Gasteiger partial charge in [0.05, 0.1) is 7.11 Å². The predicted octanol–water partition coefficient (Wildman–Crippen LogP) is 2.35. The largest absolute Gasteiger partial charge is 0.496 e. The van der Waals surface area contributed by atoms with Gasteiger partial charge in [-0.3, -0.25) is 0 Å². The molecule has 0 fully saturated rings. The van der Waals surface area contributed by atoms with Crippen molar-refractivity contribution in [3.63, 3.8) is 0 Å². The number of hydrogen-bond acceptors (Lipinski definition) is 2. The second-order valence-electron chi connectivity index (χ2n) is 3.32. The minimum absolute atomic E-state index is 0.0384. The highest BCUT2D eigenvalue weighted by molar-refractivity contribution is 5.75. The third-order valence-electron chi connectivity index (χ3n) is 2.21. The molecule has 5 heteroatoms. The molecule has 1 aromatic carbocycles. The van der Waals surface area contributed by atoms with Crippen molar-refractivity contribution in [2.24, 2.45) is 0 Å². The normalized spacial score (nSPS) is 11.2. The van der Waals surface area contributed by atoms with Gasteiger partial charge < -0.3 is 9.84 Å². The van der Waals surface area contributed by atoms with Gasteiger partial charge in [-0.05, 0) is 18.1 Å². The van der Waals surface area contributed by atoms with E-state index < -0.39 is 18.3 Å². The van der Waals surface area contributed by atoms with Gasteiger partial charge in [0.15, 0.2) is 0 Å². The van der Waals surface area contributed by atoms with Gasteiger partial charge in [-0.25, -0.2) is 4.79 Å². The van der Waals surface area contributed by atoms with Crippen LogP contribution in [0.25, 0.3) is 0 Å². The summed E-state index contributed by atoms with van der Waals surface area (Å²) in [5.74, 6) is -5.30. The topological polar surface area (TPSA) is 46.5 Å². The molecule has 0 saturated carbocycles. The van der Waals surface area contributed by atoms with Crippen molar-refractivity contribution in [1.82, 2.24) is 0 Å². The van der Waals surface area contributed by atoms with Crippen molar-refractivity contribution in [2.45, 2.75) is 18.8 Å². The van der Waals surface area contributed by atoms with Crippen molar-refractivity contribution in [1.29, 1.82) is 0 Å². The van der Waals surface area contributed by atoms with E-state index in [1.165, 1.54) is 7.11 Å². The maximum absolute atomic E-state index is 12.8. The van der Waals surface area contributed by atoms with E-state index >= 15 is 0 Å². The number of carboxylic acid groups (broad SMARTS) is 1. The molecule has 0 unspecified atom stereocenters. The number of benzene rings is 1. The van der Waals surface area contributed by atoms with Crippen LogP contribution in [0.1, 0.15) is 12.0 Å². The summed E-state index contributed by atoms with van der Waals surface area (Å²) >= 11 is 0. The van der Waals surface area contributed by atoms with Crippen LogP contribution in [0.15, 0.2) is 24.3 Å². The van der Waals surface area contributed by atoms with Crippen LogP contribution in [0.4, 0.5) is 8.78 Å². The van der Waals surface area contributed by atoms with E-state index in [9.17, 15) is 13.6 Å². The summed E-state index contributed by atoms with van der Waals surface area (Å²) < 4.78 is 30.6. The highest BCUT2D eigenvalue weighted by Gasteiger charge is 2.38. The van der Waals surface area contributed by atoms with Crippen LogP contribution in [0.5, 0.6) is 5.75 Å². The fourth-order valence-electron chi connectivity index (χ4n) is 1.31. The summed E-state index contributed by atoms with van der Waals surface area (Å²) in [6, 6.07) is 6.69. The Balaban J connectivity index is 2.71. The fraction of sp³-hybridized carbons (Fsp3) is 0.364. The molecule has 0 heterocycles. The molecule has 0 aliphatic heterocycles. The summed E-state index contributed by atoms with van der Waals surface area (Å²) in [6.07, 6.45) is -0.772. The average molecular weight is 230 g/mol. The van der Waals surface area contributed by atoms with Crippen LogP contribution >= 0.6 is 0 Å². The molecular formula is C11H12F2O3. The monoisotopic (exact) mass is 230 g/mol. The van der Waals surface area contributed by atoms with Gasteiger partial charge >= 0.3 is 11.9 Å². The van der Waals surface area contributed by atoms with Crippen LogP contribution in [-0.4, -0.2) is 24.1 Å². The average Bonchev–Trinajstić information content (AvgIpc) is 2.26. The van der Waals surface area contributed by atoms with Crippen molar-refractivity contribution in [3.8, 4) is 5.75 Å². The quantitative estimate of drug-likeness (QED) is 0.844. The molecule has 0 radical (unpaired) electrons. The van der Waals surface area contributed by atoms with E-state index in [1.54, 1.807) is 24.3 Å². The number of carboxylic acids is 1. The maximum Gasteiger partial charge on any atom is 0.374 e. The fourth-order valence-corrected chi connectivity index (χ4v) is 1.31. The molecule has 16 heavy (non-hydrogen) atoms. The summed E-state index contributed by atoms with van der Waals surface area (Å²) in [7, 11) is 1.44. The molecule has 0 aromatic heterocycles. The number of alkyl halides is 2. The van der Waals surface area contributed by atoms with Crippen molar-refractivity contribution in [3.05, 3.63) is 29.8 Å². The Morgan fingerprint density at radius 3 is 2.62 bits per heavy atom. The molecule has 1 N–H and O–H groups in total. The Hall–Kier alpha value is -1.65. The molecular weight excluding hydrogens is 218 g/mol. The van der Waals surface area contributed by atoms with Crippen LogP contribution in [0, 0.1) is 0 Å². The first-order valence-electron chi connectivity index (χ1n) is 4.70. The summed E-state index contributed by atoms with van der Waals surface area (Å²) in [5, 5.41) is 8.26. The zero-order valence-electron chi connectivity index (χ0n) is 8.74. The Bertz CT molecular complexity index is 377. The van der Waals surface area contributed by atoms with Crippen LogP contribution in [-0.2, 0) is 11.2 Å². The minimum Gasteiger partial charge on any atom is -0.496 e. The highest BCUT2D eigenvalue weighted by Crippen LogP contribution is 2.25. The van der Waals surface area contributed by atoms with Gasteiger partial charge in [-0.15, -0.1) is 0 Å². The van der Waals surface area contributed by atoms with Crippen molar-refractivity contribution < 1.29 is 23.4 Å². The van der Waals surface area contributed by atoms with E-state index in [2.05, 4.69) is 0 Å². The van der Waals surface area contributed by atoms with Crippen molar-refractivity contribution in [2.75, 3.05) is 7.11 Å². The van der Waals surface area contributed by atoms with E-state index in [0.29, 0.717) is 11.3 Å². The molecule has 1 aromatic rings. The SMILES string of the molecule is COc1ccccc1CCC(F)(F)C(=O)O. The van der Waals surface area contributed by atoms with E-state index in [1.807, 2.05) is 0 Å². The molecule has 0 saturated heterocycles. The highest BCUT2D eigenvalue weighted by atomic mass is 19.3. The zero-order valence-corrected chi connectivity index (χ0v) is 8.74. The minimum atomic E-state index is -3.69. The summed E-state index contributed by atoms with van der Waals surface area (Å²) in [5.41, 5.74) is 0.575. The van der Waals surface area contributed by atoms with Crippen LogP contribution in [0.3, 0.4) is 0 Å². The number of aryl methyl sites for hydroxylation is 1. The number of carbonyl (C=O) groups is 1. The molecule has 0 atom stereocenters. The summed E-state index contributed by atoms with van der Waals surface area (Å²) in [6.45, 7) is 0. The zero-order chi connectivity index (χ0) is 12.2. The number of halogens is 2. The molecule has 0 aliphatic rings. The van der Waals surface area contributed by atoms with Gasteiger partial charge in [0, 0.05) is 6.42 Å². The van der Waals surface area contributed by atoms with Gasteiger partial charge in [0.2, 0.25) is 0 Å². The van der Waals surface area contributed by atoms with Crippen LogP contribution in [0.2, 0.25) is 0 Å². The van der Waals surface area contributed by atoms with E-state index in [0.717, 1.165) is 0 Å². The van der Waals surface area contributed by atoms with Gasteiger partial charge in [-0.2, -0.15) is 8.78 Å². The third-order valence-corrected chi connectivity index (χ3v) is 2.21. The first kappa shape index (κ1) is 12.4. The Kier molecular flexibility index (Phi) is 3.82.